The molecule has 1 amide bonds. The molecule has 0 spiro atoms. The van der Waals surface area contributed by atoms with Gasteiger partial charge in [-0.2, -0.15) is 0 Å². The standard InChI is InChI=1S/C20H24FN3O/c1-15-5-2-3-6-17(15)12-23-20(25)14-24-10-9-22-13-19(24)16-7-4-8-18(21)11-16/h2-8,11,19,22H,9-10,12-14H2,1H3,(H,23,25). The van der Waals surface area contributed by atoms with Gasteiger partial charge in [0, 0.05) is 32.2 Å². The number of piperazine rings is 1. The lowest BCUT2D eigenvalue weighted by molar-refractivity contribution is -0.123. The van der Waals surface area contributed by atoms with Crippen LogP contribution in [0.1, 0.15) is 22.7 Å². The van der Waals surface area contributed by atoms with Gasteiger partial charge in [-0.25, -0.2) is 4.39 Å². The van der Waals surface area contributed by atoms with Crippen molar-refractivity contribution in [1.82, 2.24) is 15.5 Å². The van der Waals surface area contributed by atoms with Crippen LogP contribution in [0, 0.1) is 12.7 Å². The lowest BCUT2D eigenvalue weighted by Crippen LogP contribution is -2.49. The van der Waals surface area contributed by atoms with Crippen molar-refractivity contribution in [3.8, 4) is 0 Å². The van der Waals surface area contributed by atoms with E-state index in [4.69, 9.17) is 0 Å². The molecule has 2 aromatic rings. The molecule has 1 heterocycles. The van der Waals surface area contributed by atoms with Crippen LogP contribution >= 0.6 is 0 Å². The number of carbonyl (C=O) groups excluding carboxylic acids is 1. The third-order valence-corrected chi connectivity index (χ3v) is 4.67. The summed E-state index contributed by atoms with van der Waals surface area (Å²) in [5.41, 5.74) is 3.19. The van der Waals surface area contributed by atoms with Crippen LogP contribution in [0.4, 0.5) is 4.39 Å². The van der Waals surface area contributed by atoms with Crippen molar-refractivity contribution in [2.45, 2.75) is 19.5 Å². The van der Waals surface area contributed by atoms with Crippen LogP contribution in [0.25, 0.3) is 0 Å². The summed E-state index contributed by atoms with van der Waals surface area (Å²) in [6.45, 7) is 5.19. The molecule has 1 aliphatic heterocycles. The van der Waals surface area contributed by atoms with Crippen LogP contribution in [-0.2, 0) is 11.3 Å². The zero-order chi connectivity index (χ0) is 17.6. The minimum absolute atomic E-state index is 0.00782. The van der Waals surface area contributed by atoms with E-state index in [9.17, 15) is 9.18 Å². The zero-order valence-corrected chi connectivity index (χ0v) is 14.5. The Morgan fingerprint density at radius 2 is 2.12 bits per heavy atom. The lowest BCUT2D eigenvalue weighted by atomic mass is 10.0. The molecule has 1 saturated heterocycles. The first-order chi connectivity index (χ1) is 12.1. The highest BCUT2D eigenvalue weighted by Gasteiger charge is 2.25. The number of benzene rings is 2. The number of rotatable bonds is 5. The molecule has 1 fully saturated rings. The number of nitrogens with zero attached hydrogens (tertiary/aromatic N) is 1. The predicted octanol–water partition coefficient (Wildman–Crippen LogP) is 2.40. The van der Waals surface area contributed by atoms with Gasteiger partial charge in [0.05, 0.1) is 6.54 Å². The van der Waals surface area contributed by atoms with E-state index in [0.717, 1.165) is 24.2 Å². The van der Waals surface area contributed by atoms with Gasteiger partial charge < -0.3 is 10.6 Å². The van der Waals surface area contributed by atoms with Crippen molar-refractivity contribution in [3.63, 3.8) is 0 Å². The molecule has 0 aromatic heterocycles. The molecule has 4 nitrogen and oxygen atoms in total. The Morgan fingerprint density at radius 3 is 2.92 bits per heavy atom. The van der Waals surface area contributed by atoms with Crippen molar-refractivity contribution in [3.05, 3.63) is 71.0 Å². The zero-order valence-electron chi connectivity index (χ0n) is 14.5. The number of aryl methyl sites for hydroxylation is 1. The topological polar surface area (TPSA) is 44.4 Å². The van der Waals surface area contributed by atoms with Gasteiger partial charge in [-0.3, -0.25) is 9.69 Å². The molecule has 0 bridgehead atoms. The summed E-state index contributed by atoms with van der Waals surface area (Å²) in [4.78, 5) is 14.5. The summed E-state index contributed by atoms with van der Waals surface area (Å²) in [6, 6.07) is 14.7. The summed E-state index contributed by atoms with van der Waals surface area (Å²) in [7, 11) is 0. The predicted molar refractivity (Wildman–Crippen MR) is 96.6 cm³/mol. The van der Waals surface area contributed by atoms with Gasteiger partial charge in [0.15, 0.2) is 0 Å². The van der Waals surface area contributed by atoms with Gasteiger partial charge in [0.25, 0.3) is 0 Å². The maximum atomic E-state index is 13.5. The van der Waals surface area contributed by atoms with E-state index in [-0.39, 0.29) is 17.8 Å². The molecule has 1 aliphatic rings. The second kappa shape index (κ2) is 8.23. The fourth-order valence-electron chi connectivity index (χ4n) is 3.22. The first-order valence-electron chi connectivity index (χ1n) is 8.65. The van der Waals surface area contributed by atoms with Gasteiger partial charge in [-0.1, -0.05) is 36.4 Å². The molecule has 2 N–H and O–H groups in total. The summed E-state index contributed by atoms with van der Waals surface area (Å²) < 4.78 is 13.5. The molecule has 5 heteroatoms. The van der Waals surface area contributed by atoms with Gasteiger partial charge in [0.2, 0.25) is 5.91 Å². The highest BCUT2D eigenvalue weighted by atomic mass is 19.1. The average molecular weight is 341 g/mol. The highest BCUT2D eigenvalue weighted by Crippen LogP contribution is 2.22. The van der Waals surface area contributed by atoms with Crippen LogP contribution in [0.5, 0.6) is 0 Å². The van der Waals surface area contributed by atoms with Crippen LogP contribution in [0.15, 0.2) is 48.5 Å². The van der Waals surface area contributed by atoms with Crippen molar-refractivity contribution in [1.29, 1.82) is 0 Å². The van der Waals surface area contributed by atoms with Crippen molar-refractivity contribution >= 4 is 5.91 Å². The fraction of sp³-hybridized carbons (Fsp3) is 0.350. The van der Waals surface area contributed by atoms with Crippen molar-refractivity contribution in [2.75, 3.05) is 26.2 Å². The number of halogens is 1. The Labute approximate surface area is 148 Å². The number of carbonyl (C=O) groups is 1. The highest BCUT2D eigenvalue weighted by molar-refractivity contribution is 5.78. The average Bonchev–Trinajstić information content (AvgIpc) is 2.61. The van der Waals surface area contributed by atoms with E-state index in [1.54, 1.807) is 12.1 Å². The largest absolute Gasteiger partial charge is 0.351 e. The molecule has 1 unspecified atom stereocenters. The first kappa shape index (κ1) is 17.6. The van der Waals surface area contributed by atoms with Crippen molar-refractivity contribution in [2.24, 2.45) is 0 Å². The second-order valence-electron chi connectivity index (χ2n) is 6.45. The third kappa shape index (κ3) is 4.65. The first-order valence-corrected chi connectivity index (χ1v) is 8.65. The molecular formula is C20H24FN3O. The molecule has 0 aliphatic carbocycles. The van der Waals surface area contributed by atoms with Gasteiger partial charge in [-0.05, 0) is 35.7 Å². The van der Waals surface area contributed by atoms with Crippen molar-refractivity contribution < 1.29 is 9.18 Å². The van der Waals surface area contributed by atoms with Gasteiger partial charge in [0.1, 0.15) is 5.82 Å². The molecule has 1 atom stereocenters. The number of hydrogen-bond acceptors (Lipinski definition) is 3. The maximum Gasteiger partial charge on any atom is 0.234 e. The number of nitrogens with one attached hydrogen (secondary N) is 2. The van der Waals surface area contributed by atoms with Crippen LogP contribution in [0.3, 0.4) is 0 Å². The SMILES string of the molecule is Cc1ccccc1CNC(=O)CN1CCNCC1c1cccc(F)c1. The number of amides is 1. The van der Waals surface area contributed by atoms with E-state index in [0.29, 0.717) is 19.6 Å². The van der Waals surface area contributed by atoms with E-state index in [1.807, 2.05) is 37.3 Å². The molecule has 132 valence electrons. The summed E-state index contributed by atoms with van der Waals surface area (Å²) >= 11 is 0. The molecule has 2 aromatic carbocycles. The summed E-state index contributed by atoms with van der Waals surface area (Å²) in [5.74, 6) is -0.251. The Balaban J connectivity index is 1.61. The smallest absolute Gasteiger partial charge is 0.234 e. The van der Waals surface area contributed by atoms with E-state index in [2.05, 4.69) is 15.5 Å². The fourth-order valence-corrected chi connectivity index (χ4v) is 3.22. The molecule has 0 saturated carbocycles. The Morgan fingerprint density at radius 1 is 1.28 bits per heavy atom. The molecule has 25 heavy (non-hydrogen) atoms. The second-order valence-corrected chi connectivity index (χ2v) is 6.45. The van der Waals surface area contributed by atoms with Crippen LogP contribution < -0.4 is 10.6 Å². The van der Waals surface area contributed by atoms with Gasteiger partial charge in [-0.15, -0.1) is 0 Å². The summed E-state index contributed by atoms with van der Waals surface area (Å²) in [5, 5.41) is 6.32. The summed E-state index contributed by atoms with van der Waals surface area (Å²) in [6.07, 6.45) is 0. The Hall–Kier alpha value is -2.24. The van der Waals surface area contributed by atoms with Gasteiger partial charge >= 0.3 is 0 Å². The van der Waals surface area contributed by atoms with E-state index < -0.39 is 0 Å². The third-order valence-electron chi connectivity index (χ3n) is 4.67. The van der Waals surface area contributed by atoms with Crippen LogP contribution in [-0.4, -0.2) is 37.0 Å². The van der Waals surface area contributed by atoms with E-state index >= 15 is 0 Å². The number of hydrogen-bond donors (Lipinski definition) is 2. The maximum absolute atomic E-state index is 13.5. The minimum Gasteiger partial charge on any atom is -0.351 e. The minimum atomic E-state index is -0.243. The molecular weight excluding hydrogens is 317 g/mol. The molecule has 3 rings (SSSR count). The lowest BCUT2D eigenvalue weighted by Gasteiger charge is -2.36. The quantitative estimate of drug-likeness (QED) is 0.878. The monoisotopic (exact) mass is 341 g/mol. The Kier molecular flexibility index (Phi) is 5.79. The van der Waals surface area contributed by atoms with Crippen LogP contribution in [0.2, 0.25) is 0 Å². The normalized spacial score (nSPS) is 18.1. The Bertz CT molecular complexity index is 734. The molecule has 0 radical (unpaired) electrons. The van der Waals surface area contributed by atoms with E-state index in [1.165, 1.54) is 11.6 Å².